The number of aromatic nitrogens is 3. The van der Waals surface area contributed by atoms with Crippen LogP contribution in [-0.2, 0) is 18.3 Å². The van der Waals surface area contributed by atoms with Gasteiger partial charge in [0.2, 0.25) is 5.91 Å². The van der Waals surface area contributed by atoms with Gasteiger partial charge in [-0.15, -0.1) is 16.8 Å². The minimum atomic E-state index is -0.229. The molecule has 0 bridgehead atoms. The van der Waals surface area contributed by atoms with Crippen molar-refractivity contribution in [1.29, 1.82) is 0 Å². The summed E-state index contributed by atoms with van der Waals surface area (Å²) in [7, 11) is 1.93. The number of benzene rings is 1. The quantitative estimate of drug-likeness (QED) is 0.628. The molecule has 0 aliphatic carbocycles. The first-order chi connectivity index (χ1) is 10.6. The van der Waals surface area contributed by atoms with E-state index >= 15 is 0 Å². The predicted molar refractivity (Wildman–Crippen MR) is 88.8 cm³/mol. The summed E-state index contributed by atoms with van der Waals surface area (Å²) in [5.41, 5.74) is 1.19. The number of hydrogen-bond donors (Lipinski definition) is 1. The number of carbonyl (C=O) groups is 1. The highest BCUT2D eigenvalue weighted by molar-refractivity contribution is 8.00. The molecule has 0 fully saturated rings. The third-order valence-corrected chi connectivity index (χ3v) is 4.34. The number of hydrogen-bond acceptors (Lipinski definition) is 4. The standard InChI is InChI=1S/C16H20N4OS/c1-4-10-17-15(21)12(2)22-16-19-18-14(20(16)3)11-13-8-6-5-7-9-13/h4-9,12H,1,10-11H2,2-3H3,(H,17,21)/t12-/m1/s1. The molecule has 1 N–H and O–H groups in total. The van der Waals surface area contributed by atoms with E-state index in [-0.39, 0.29) is 11.2 Å². The van der Waals surface area contributed by atoms with Gasteiger partial charge in [-0.3, -0.25) is 4.79 Å². The van der Waals surface area contributed by atoms with Gasteiger partial charge in [0.15, 0.2) is 5.16 Å². The molecule has 1 aromatic carbocycles. The Bertz CT molecular complexity index is 639. The maximum absolute atomic E-state index is 11.9. The van der Waals surface area contributed by atoms with Gasteiger partial charge in [0.25, 0.3) is 0 Å². The summed E-state index contributed by atoms with van der Waals surface area (Å²) in [6, 6.07) is 10.1. The lowest BCUT2D eigenvalue weighted by atomic mass is 10.1. The maximum Gasteiger partial charge on any atom is 0.233 e. The monoisotopic (exact) mass is 316 g/mol. The first kappa shape index (κ1) is 16.3. The van der Waals surface area contributed by atoms with E-state index < -0.39 is 0 Å². The van der Waals surface area contributed by atoms with Crippen molar-refractivity contribution in [2.75, 3.05) is 6.54 Å². The third kappa shape index (κ3) is 4.21. The van der Waals surface area contributed by atoms with Crippen molar-refractivity contribution in [2.45, 2.75) is 23.8 Å². The van der Waals surface area contributed by atoms with Crippen LogP contribution in [0, 0.1) is 0 Å². The van der Waals surface area contributed by atoms with Gasteiger partial charge in [0, 0.05) is 20.0 Å². The van der Waals surface area contributed by atoms with Crippen LogP contribution in [0.4, 0.5) is 0 Å². The second-order valence-corrected chi connectivity index (χ2v) is 6.22. The van der Waals surface area contributed by atoms with Crippen LogP contribution in [0.1, 0.15) is 18.3 Å². The van der Waals surface area contributed by atoms with Crippen molar-refractivity contribution < 1.29 is 4.79 Å². The molecule has 0 aliphatic heterocycles. The van der Waals surface area contributed by atoms with Crippen molar-refractivity contribution in [1.82, 2.24) is 20.1 Å². The highest BCUT2D eigenvalue weighted by atomic mass is 32.2. The lowest BCUT2D eigenvalue weighted by Crippen LogP contribution is -2.31. The Labute approximate surface area is 134 Å². The largest absolute Gasteiger partial charge is 0.352 e. The maximum atomic E-state index is 11.9. The van der Waals surface area contributed by atoms with Crippen LogP contribution in [0.5, 0.6) is 0 Å². The van der Waals surface area contributed by atoms with Gasteiger partial charge in [0.1, 0.15) is 5.82 Å². The molecule has 0 saturated carbocycles. The van der Waals surface area contributed by atoms with E-state index in [0.717, 1.165) is 17.4 Å². The smallest absolute Gasteiger partial charge is 0.233 e. The summed E-state index contributed by atoms with van der Waals surface area (Å²) in [4.78, 5) is 11.9. The number of nitrogens with one attached hydrogen (secondary N) is 1. The van der Waals surface area contributed by atoms with Crippen LogP contribution in [-0.4, -0.2) is 32.5 Å². The summed E-state index contributed by atoms with van der Waals surface area (Å²) in [6.45, 7) is 5.92. The van der Waals surface area contributed by atoms with E-state index in [1.54, 1.807) is 6.08 Å². The van der Waals surface area contributed by atoms with Gasteiger partial charge in [-0.25, -0.2) is 0 Å². The minimum absolute atomic E-state index is 0.0301. The second kappa shape index (κ2) is 7.79. The summed E-state index contributed by atoms with van der Waals surface area (Å²) < 4.78 is 1.94. The fraction of sp³-hybridized carbons (Fsp3) is 0.312. The molecule has 6 heteroatoms. The molecule has 0 unspecified atom stereocenters. The Balaban J connectivity index is 2.01. The number of amides is 1. The Morgan fingerprint density at radius 2 is 2.14 bits per heavy atom. The van der Waals surface area contributed by atoms with E-state index in [2.05, 4.69) is 34.2 Å². The molecule has 0 radical (unpaired) electrons. The van der Waals surface area contributed by atoms with Crippen LogP contribution >= 0.6 is 11.8 Å². The molecule has 0 spiro atoms. The first-order valence-corrected chi connectivity index (χ1v) is 7.97. The van der Waals surface area contributed by atoms with Crippen LogP contribution in [0.3, 0.4) is 0 Å². The molecule has 2 aromatic rings. The first-order valence-electron chi connectivity index (χ1n) is 7.09. The number of carbonyl (C=O) groups excluding carboxylic acids is 1. The summed E-state index contributed by atoms with van der Waals surface area (Å²) in [5, 5.41) is 11.7. The molecule has 22 heavy (non-hydrogen) atoms. The Morgan fingerprint density at radius 1 is 1.41 bits per heavy atom. The van der Waals surface area contributed by atoms with Crippen molar-refractivity contribution in [3.05, 3.63) is 54.4 Å². The van der Waals surface area contributed by atoms with Gasteiger partial charge < -0.3 is 9.88 Å². The molecule has 1 amide bonds. The SMILES string of the molecule is C=CCNC(=O)[C@@H](C)Sc1nnc(Cc2ccccc2)n1C. The molecule has 1 heterocycles. The van der Waals surface area contributed by atoms with E-state index in [4.69, 9.17) is 0 Å². The van der Waals surface area contributed by atoms with Crippen molar-refractivity contribution in [2.24, 2.45) is 7.05 Å². The number of nitrogens with zero attached hydrogens (tertiary/aromatic N) is 3. The van der Waals surface area contributed by atoms with Gasteiger partial charge in [-0.2, -0.15) is 0 Å². The lowest BCUT2D eigenvalue weighted by molar-refractivity contribution is -0.120. The molecule has 5 nitrogen and oxygen atoms in total. The summed E-state index contributed by atoms with van der Waals surface area (Å²) in [6.07, 6.45) is 2.39. The summed E-state index contributed by atoms with van der Waals surface area (Å²) in [5.74, 6) is 0.852. The van der Waals surface area contributed by atoms with Crippen LogP contribution in [0.25, 0.3) is 0 Å². The zero-order chi connectivity index (χ0) is 15.9. The second-order valence-electron chi connectivity index (χ2n) is 4.91. The number of thioether (sulfide) groups is 1. The molecule has 1 atom stereocenters. The van der Waals surface area contributed by atoms with Crippen molar-refractivity contribution in [3.8, 4) is 0 Å². The zero-order valence-corrected chi connectivity index (χ0v) is 13.6. The van der Waals surface area contributed by atoms with Crippen molar-refractivity contribution in [3.63, 3.8) is 0 Å². The van der Waals surface area contributed by atoms with E-state index in [0.29, 0.717) is 6.54 Å². The van der Waals surface area contributed by atoms with Gasteiger partial charge in [-0.1, -0.05) is 48.2 Å². The highest BCUT2D eigenvalue weighted by Crippen LogP contribution is 2.22. The van der Waals surface area contributed by atoms with Gasteiger partial charge >= 0.3 is 0 Å². The Morgan fingerprint density at radius 3 is 2.82 bits per heavy atom. The predicted octanol–water partition coefficient (Wildman–Crippen LogP) is 2.19. The fourth-order valence-corrected chi connectivity index (χ4v) is 2.77. The Hall–Kier alpha value is -2.08. The lowest BCUT2D eigenvalue weighted by Gasteiger charge is -2.10. The average Bonchev–Trinajstić information content (AvgIpc) is 2.86. The van der Waals surface area contributed by atoms with Gasteiger partial charge in [-0.05, 0) is 12.5 Å². The number of rotatable bonds is 7. The molecule has 2 rings (SSSR count). The minimum Gasteiger partial charge on any atom is -0.352 e. The van der Waals surface area contributed by atoms with Crippen molar-refractivity contribution >= 4 is 17.7 Å². The molecule has 0 aliphatic rings. The molecule has 0 saturated heterocycles. The van der Waals surface area contributed by atoms with E-state index in [9.17, 15) is 4.79 Å². The topological polar surface area (TPSA) is 59.8 Å². The zero-order valence-electron chi connectivity index (χ0n) is 12.8. The third-order valence-electron chi connectivity index (χ3n) is 3.20. The molecule has 1 aromatic heterocycles. The molecule has 116 valence electrons. The van der Waals surface area contributed by atoms with Crippen LogP contribution < -0.4 is 5.32 Å². The van der Waals surface area contributed by atoms with E-state index in [1.165, 1.54) is 17.3 Å². The highest BCUT2D eigenvalue weighted by Gasteiger charge is 2.18. The average molecular weight is 316 g/mol. The van der Waals surface area contributed by atoms with Crippen LogP contribution in [0.2, 0.25) is 0 Å². The summed E-state index contributed by atoms with van der Waals surface area (Å²) >= 11 is 1.40. The normalized spacial score (nSPS) is 11.9. The fourth-order valence-electron chi connectivity index (χ4n) is 1.91. The molecular weight excluding hydrogens is 296 g/mol. The van der Waals surface area contributed by atoms with Crippen LogP contribution in [0.15, 0.2) is 48.1 Å². The Kier molecular flexibility index (Phi) is 5.77. The van der Waals surface area contributed by atoms with Gasteiger partial charge in [0.05, 0.1) is 5.25 Å². The molecular formula is C16H20N4OS. The van der Waals surface area contributed by atoms with E-state index in [1.807, 2.05) is 36.7 Å².